The summed E-state index contributed by atoms with van der Waals surface area (Å²) in [5.41, 5.74) is 2.24. The number of unbranched alkanes of at least 4 members (excludes halogenated alkanes) is 1. The van der Waals surface area contributed by atoms with E-state index in [0.29, 0.717) is 0 Å². The van der Waals surface area contributed by atoms with E-state index in [1.165, 1.54) is 17.4 Å². The van der Waals surface area contributed by atoms with E-state index in [-0.39, 0.29) is 0 Å². The molecule has 5 nitrogen and oxygen atoms in total. The summed E-state index contributed by atoms with van der Waals surface area (Å²) in [6, 6.07) is 10.4. The Balaban J connectivity index is 2.18. The van der Waals surface area contributed by atoms with Crippen LogP contribution in [0.15, 0.2) is 35.3 Å². The molecule has 0 spiro atoms. The zero-order valence-corrected chi connectivity index (χ0v) is 14.6. The van der Waals surface area contributed by atoms with E-state index >= 15 is 0 Å². The molecule has 0 amide bonds. The lowest BCUT2D eigenvalue weighted by Crippen LogP contribution is -2.37. The minimum atomic E-state index is 0.718. The Morgan fingerprint density at radius 3 is 2.70 bits per heavy atom. The molecule has 0 unspecified atom stereocenters. The first-order valence-corrected chi connectivity index (χ1v) is 8.16. The number of nitrogens with one attached hydrogen (secondary N) is 2. The number of pyridine rings is 1. The van der Waals surface area contributed by atoms with Crippen LogP contribution in [0.25, 0.3) is 10.9 Å². The molecule has 2 N–H and O–H groups in total. The fraction of sp³-hybridized carbons (Fsp3) is 0.444. The molecule has 1 heterocycles. The zero-order chi connectivity index (χ0) is 16.7. The van der Waals surface area contributed by atoms with Crippen molar-refractivity contribution in [3.63, 3.8) is 0 Å². The summed E-state index contributed by atoms with van der Waals surface area (Å²) in [5, 5.41) is 7.91. The fourth-order valence-corrected chi connectivity index (χ4v) is 2.39. The van der Waals surface area contributed by atoms with Gasteiger partial charge in [-0.2, -0.15) is 0 Å². The van der Waals surface area contributed by atoms with Crippen molar-refractivity contribution < 1.29 is 0 Å². The van der Waals surface area contributed by atoms with E-state index in [1.54, 1.807) is 7.05 Å². The van der Waals surface area contributed by atoms with E-state index < -0.39 is 0 Å². The molecule has 0 bridgehead atoms. The first kappa shape index (κ1) is 17.1. The molecular weight excluding hydrogens is 286 g/mol. The molecule has 5 heteroatoms. The highest BCUT2D eigenvalue weighted by atomic mass is 15.2. The number of para-hydroxylation sites is 1. The lowest BCUT2D eigenvalue weighted by Gasteiger charge is -2.16. The van der Waals surface area contributed by atoms with Gasteiger partial charge in [0.25, 0.3) is 0 Å². The topological polar surface area (TPSA) is 52.6 Å². The third-order valence-electron chi connectivity index (χ3n) is 3.74. The summed E-state index contributed by atoms with van der Waals surface area (Å²) >= 11 is 0. The van der Waals surface area contributed by atoms with Crippen LogP contribution >= 0.6 is 0 Å². The van der Waals surface area contributed by atoms with Gasteiger partial charge in [0.05, 0.1) is 5.52 Å². The summed E-state index contributed by atoms with van der Waals surface area (Å²) < 4.78 is 0. The molecule has 0 fully saturated rings. The number of hydrogen-bond acceptors (Lipinski definition) is 3. The largest absolute Gasteiger partial charge is 0.363 e. The molecule has 0 saturated heterocycles. The number of guanidine groups is 1. The standard InChI is InChI=1S/C18H27N5/c1-5-6-11-20-18(19-2)21-13-14-12-17(23(3)4)22-16-10-8-7-9-15(14)16/h7-10,12H,5-6,11,13H2,1-4H3,(H2,19,20,21). The molecular formula is C18H27N5. The van der Waals surface area contributed by atoms with Gasteiger partial charge in [0.15, 0.2) is 5.96 Å². The van der Waals surface area contributed by atoms with Gasteiger partial charge in [0, 0.05) is 39.6 Å². The minimum Gasteiger partial charge on any atom is -0.363 e. The van der Waals surface area contributed by atoms with Gasteiger partial charge >= 0.3 is 0 Å². The molecule has 0 atom stereocenters. The second-order valence-corrected chi connectivity index (χ2v) is 5.76. The maximum absolute atomic E-state index is 4.70. The third-order valence-corrected chi connectivity index (χ3v) is 3.74. The summed E-state index contributed by atoms with van der Waals surface area (Å²) in [5.74, 6) is 1.81. The average Bonchev–Trinajstić information content (AvgIpc) is 2.57. The Morgan fingerprint density at radius 1 is 1.22 bits per heavy atom. The number of benzene rings is 1. The predicted octanol–water partition coefficient (Wildman–Crippen LogP) is 2.77. The van der Waals surface area contributed by atoms with Crippen molar-refractivity contribution >= 4 is 22.7 Å². The molecule has 0 aliphatic carbocycles. The summed E-state index contributed by atoms with van der Waals surface area (Å²) in [6.07, 6.45) is 2.31. The molecule has 1 aromatic heterocycles. The second-order valence-electron chi connectivity index (χ2n) is 5.76. The highest BCUT2D eigenvalue weighted by molar-refractivity contribution is 5.85. The molecule has 2 aromatic rings. The van der Waals surface area contributed by atoms with E-state index in [9.17, 15) is 0 Å². The van der Waals surface area contributed by atoms with Crippen LogP contribution in [0.3, 0.4) is 0 Å². The molecule has 124 valence electrons. The molecule has 23 heavy (non-hydrogen) atoms. The normalized spacial score (nSPS) is 11.6. The Labute approximate surface area is 138 Å². The molecule has 1 aromatic carbocycles. The van der Waals surface area contributed by atoms with E-state index in [4.69, 9.17) is 4.98 Å². The van der Waals surface area contributed by atoms with Crippen LogP contribution in [0.4, 0.5) is 5.82 Å². The van der Waals surface area contributed by atoms with Crippen LogP contribution in [-0.4, -0.2) is 38.6 Å². The lowest BCUT2D eigenvalue weighted by molar-refractivity contribution is 0.729. The third kappa shape index (κ3) is 4.58. The second kappa shape index (κ2) is 8.36. The highest BCUT2D eigenvalue weighted by Gasteiger charge is 2.07. The van der Waals surface area contributed by atoms with E-state index in [1.807, 2.05) is 25.1 Å². The van der Waals surface area contributed by atoms with Gasteiger partial charge in [-0.05, 0) is 24.1 Å². The summed E-state index contributed by atoms with van der Waals surface area (Å²) in [6.45, 7) is 3.84. The predicted molar refractivity (Wildman–Crippen MR) is 99.2 cm³/mol. The molecule has 0 saturated carbocycles. The maximum atomic E-state index is 4.70. The number of hydrogen-bond donors (Lipinski definition) is 2. The van der Waals surface area contributed by atoms with Crippen molar-refractivity contribution in [2.75, 3.05) is 32.6 Å². The van der Waals surface area contributed by atoms with Crippen molar-refractivity contribution in [3.8, 4) is 0 Å². The van der Waals surface area contributed by atoms with Gasteiger partial charge in [-0.25, -0.2) is 4.98 Å². The quantitative estimate of drug-likeness (QED) is 0.489. The van der Waals surface area contributed by atoms with Crippen molar-refractivity contribution in [1.82, 2.24) is 15.6 Å². The first-order valence-electron chi connectivity index (χ1n) is 8.16. The first-order chi connectivity index (χ1) is 11.2. The highest BCUT2D eigenvalue weighted by Crippen LogP contribution is 2.21. The average molecular weight is 313 g/mol. The van der Waals surface area contributed by atoms with Gasteiger partial charge in [-0.15, -0.1) is 0 Å². The van der Waals surface area contributed by atoms with Crippen LogP contribution in [0.1, 0.15) is 25.3 Å². The smallest absolute Gasteiger partial charge is 0.191 e. The number of aromatic nitrogens is 1. The summed E-state index contributed by atoms with van der Waals surface area (Å²) in [4.78, 5) is 11.0. The molecule has 0 radical (unpaired) electrons. The van der Waals surface area contributed by atoms with Gasteiger partial charge < -0.3 is 15.5 Å². The molecule has 0 aliphatic rings. The van der Waals surface area contributed by atoms with Gasteiger partial charge in [-0.1, -0.05) is 31.5 Å². The van der Waals surface area contributed by atoms with Crippen LogP contribution in [-0.2, 0) is 6.54 Å². The number of rotatable bonds is 6. The van der Waals surface area contributed by atoms with Gasteiger partial charge in [0.2, 0.25) is 0 Å². The number of nitrogens with zero attached hydrogens (tertiary/aromatic N) is 3. The van der Waals surface area contributed by atoms with Crippen molar-refractivity contribution in [3.05, 3.63) is 35.9 Å². The minimum absolute atomic E-state index is 0.718. The van der Waals surface area contributed by atoms with Crippen molar-refractivity contribution in [1.29, 1.82) is 0 Å². The maximum Gasteiger partial charge on any atom is 0.191 e. The number of aliphatic imine (C=N–C) groups is 1. The van der Waals surface area contributed by atoms with Crippen LogP contribution < -0.4 is 15.5 Å². The fourth-order valence-electron chi connectivity index (χ4n) is 2.39. The van der Waals surface area contributed by atoms with Crippen molar-refractivity contribution in [2.45, 2.75) is 26.3 Å². The Hall–Kier alpha value is -2.30. The SMILES string of the molecule is CCCCNC(=NC)NCc1cc(N(C)C)nc2ccccc12. The van der Waals surface area contributed by atoms with Crippen molar-refractivity contribution in [2.24, 2.45) is 4.99 Å². The van der Waals surface area contributed by atoms with Crippen LogP contribution in [0.2, 0.25) is 0 Å². The van der Waals surface area contributed by atoms with Gasteiger partial charge in [0.1, 0.15) is 5.82 Å². The molecule has 2 rings (SSSR count). The monoisotopic (exact) mass is 313 g/mol. The number of anilines is 1. The lowest BCUT2D eigenvalue weighted by atomic mass is 10.1. The van der Waals surface area contributed by atoms with Crippen LogP contribution in [0.5, 0.6) is 0 Å². The van der Waals surface area contributed by atoms with E-state index in [2.05, 4.69) is 46.8 Å². The number of fused-ring (bicyclic) bond motifs is 1. The Morgan fingerprint density at radius 2 is 2.00 bits per heavy atom. The van der Waals surface area contributed by atoms with Crippen LogP contribution in [0, 0.1) is 0 Å². The van der Waals surface area contributed by atoms with E-state index in [0.717, 1.165) is 36.8 Å². The summed E-state index contributed by atoms with van der Waals surface area (Å²) in [7, 11) is 5.83. The Kier molecular flexibility index (Phi) is 6.20. The zero-order valence-electron chi connectivity index (χ0n) is 14.6. The van der Waals surface area contributed by atoms with Gasteiger partial charge in [-0.3, -0.25) is 4.99 Å². The molecule has 0 aliphatic heterocycles. The Bertz CT molecular complexity index is 664.